The third kappa shape index (κ3) is 5.43. The number of ether oxygens (including phenoxy) is 1. The molecule has 0 aliphatic carbocycles. The third-order valence-electron chi connectivity index (χ3n) is 3.40. The van der Waals surface area contributed by atoms with Gasteiger partial charge < -0.3 is 10.5 Å². The second-order valence-corrected chi connectivity index (χ2v) is 5.26. The fraction of sp³-hybridized carbons (Fsp3) is 0.562. The number of hydrogen-bond acceptors (Lipinski definition) is 3. The second-order valence-electron chi connectivity index (χ2n) is 5.26. The van der Waals surface area contributed by atoms with Crippen LogP contribution in [0.1, 0.15) is 38.7 Å². The van der Waals surface area contributed by atoms with Gasteiger partial charge in [0.15, 0.2) is 0 Å². The van der Waals surface area contributed by atoms with Gasteiger partial charge >= 0.3 is 0 Å². The first-order valence-electron chi connectivity index (χ1n) is 6.94. The van der Waals surface area contributed by atoms with E-state index in [2.05, 4.69) is 0 Å². The van der Waals surface area contributed by atoms with Gasteiger partial charge in [-0.25, -0.2) is 0 Å². The van der Waals surface area contributed by atoms with E-state index in [4.69, 9.17) is 10.5 Å². The number of benzene rings is 1. The fourth-order valence-electron chi connectivity index (χ4n) is 2.12. The molecule has 1 aromatic carbocycles. The fourth-order valence-corrected chi connectivity index (χ4v) is 2.12. The summed E-state index contributed by atoms with van der Waals surface area (Å²) in [6, 6.07) is 7.91. The van der Waals surface area contributed by atoms with Crippen molar-refractivity contribution in [2.75, 3.05) is 7.11 Å². The minimum absolute atomic E-state index is 0.0867. The van der Waals surface area contributed by atoms with E-state index in [9.17, 15) is 4.79 Å². The van der Waals surface area contributed by atoms with Gasteiger partial charge in [0.05, 0.1) is 7.11 Å². The lowest BCUT2D eigenvalue weighted by Crippen LogP contribution is -2.17. The molecule has 3 heteroatoms. The van der Waals surface area contributed by atoms with Gasteiger partial charge in [-0.1, -0.05) is 31.5 Å². The molecule has 2 atom stereocenters. The van der Waals surface area contributed by atoms with Crippen LogP contribution in [0.15, 0.2) is 24.3 Å². The Labute approximate surface area is 116 Å². The molecule has 0 aliphatic heterocycles. The van der Waals surface area contributed by atoms with Gasteiger partial charge in [0, 0.05) is 23.9 Å². The lowest BCUT2D eigenvalue weighted by molar-refractivity contribution is -0.121. The van der Waals surface area contributed by atoms with Crippen molar-refractivity contribution in [2.45, 2.75) is 45.6 Å². The predicted molar refractivity (Wildman–Crippen MR) is 78.4 cm³/mol. The first kappa shape index (κ1) is 15.7. The standard InChI is InChI=1S/C16H25NO2/c1-12(7-6-8-13(2)17)15(18)11-14-9-4-5-10-16(14)19-3/h4-5,9-10,12-13H,6-8,11,17H2,1-3H3. The first-order valence-corrected chi connectivity index (χ1v) is 6.94. The van der Waals surface area contributed by atoms with Gasteiger partial charge in [0.25, 0.3) is 0 Å². The van der Waals surface area contributed by atoms with Crippen LogP contribution in [-0.4, -0.2) is 18.9 Å². The summed E-state index contributed by atoms with van der Waals surface area (Å²) in [5.74, 6) is 1.15. The molecular formula is C16H25NO2. The highest BCUT2D eigenvalue weighted by atomic mass is 16.5. The Kier molecular flexibility index (Phi) is 6.57. The lowest BCUT2D eigenvalue weighted by Gasteiger charge is -2.13. The van der Waals surface area contributed by atoms with Crippen LogP contribution in [0.2, 0.25) is 0 Å². The summed E-state index contributed by atoms with van der Waals surface area (Å²) in [5.41, 5.74) is 6.68. The molecule has 0 saturated carbocycles. The molecule has 3 nitrogen and oxygen atoms in total. The molecule has 2 unspecified atom stereocenters. The molecule has 19 heavy (non-hydrogen) atoms. The van der Waals surface area contributed by atoms with Crippen molar-refractivity contribution >= 4 is 5.78 Å². The number of methoxy groups -OCH3 is 1. The number of Topliss-reactive ketones (excluding diaryl/α,β-unsaturated/α-hetero) is 1. The summed E-state index contributed by atoms with van der Waals surface area (Å²) >= 11 is 0. The van der Waals surface area contributed by atoms with Crippen molar-refractivity contribution in [3.63, 3.8) is 0 Å². The van der Waals surface area contributed by atoms with E-state index in [-0.39, 0.29) is 17.7 Å². The molecule has 0 amide bonds. The quantitative estimate of drug-likeness (QED) is 0.784. The van der Waals surface area contributed by atoms with Gasteiger partial charge in [-0.05, 0) is 25.8 Å². The van der Waals surface area contributed by atoms with Crippen molar-refractivity contribution in [1.29, 1.82) is 0 Å². The van der Waals surface area contributed by atoms with Crippen LogP contribution in [0.5, 0.6) is 5.75 Å². The topological polar surface area (TPSA) is 52.3 Å². The molecule has 0 spiro atoms. The number of carbonyl (C=O) groups excluding carboxylic acids is 1. The van der Waals surface area contributed by atoms with Crippen molar-refractivity contribution < 1.29 is 9.53 Å². The second kappa shape index (κ2) is 7.95. The summed E-state index contributed by atoms with van der Waals surface area (Å²) in [4.78, 5) is 12.2. The van der Waals surface area contributed by atoms with Crippen molar-refractivity contribution in [1.82, 2.24) is 0 Å². The zero-order valence-electron chi connectivity index (χ0n) is 12.2. The van der Waals surface area contributed by atoms with Gasteiger partial charge in [-0.15, -0.1) is 0 Å². The van der Waals surface area contributed by atoms with Gasteiger partial charge in [0.2, 0.25) is 0 Å². The Bertz CT molecular complexity index is 401. The van der Waals surface area contributed by atoms with Crippen LogP contribution in [0.3, 0.4) is 0 Å². The molecule has 0 bridgehead atoms. The zero-order chi connectivity index (χ0) is 14.3. The largest absolute Gasteiger partial charge is 0.496 e. The summed E-state index contributed by atoms with van der Waals surface area (Å²) in [7, 11) is 1.63. The molecule has 0 saturated heterocycles. The van der Waals surface area contributed by atoms with Crippen LogP contribution in [0.4, 0.5) is 0 Å². The average Bonchev–Trinajstić information content (AvgIpc) is 2.38. The monoisotopic (exact) mass is 263 g/mol. The number of para-hydroxylation sites is 1. The molecule has 0 fully saturated rings. The molecule has 0 aromatic heterocycles. The third-order valence-corrected chi connectivity index (χ3v) is 3.40. The molecule has 1 aromatic rings. The van der Waals surface area contributed by atoms with Gasteiger partial charge in [-0.3, -0.25) is 4.79 Å². The van der Waals surface area contributed by atoms with E-state index in [1.807, 2.05) is 38.1 Å². The maximum Gasteiger partial charge on any atom is 0.140 e. The Balaban J connectivity index is 2.49. The number of rotatable bonds is 8. The predicted octanol–water partition coefficient (Wildman–Crippen LogP) is 2.96. The van der Waals surface area contributed by atoms with Gasteiger partial charge in [0.1, 0.15) is 11.5 Å². The summed E-state index contributed by atoms with van der Waals surface area (Å²) in [5, 5.41) is 0. The minimum Gasteiger partial charge on any atom is -0.496 e. The number of ketones is 1. The average molecular weight is 263 g/mol. The van der Waals surface area contributed by atoms with Crippen LogP contribution in [0, 0.1) is 5.92 Å². The minimum atomic E-state index is 0.0867. The van der Waals surface area contributed by atoms with E-state index in [1.54, 1.807) is 7.11 Å². The van der Waals surface area contributed by atoms with E-state index >= 15 is 0 Å². The summed E-state index contributed by atoms with van der Waals surface area (Å²) < 4.78 is 5.27. The van der Waals surface area contributed by atoms with Crippen molar-refractivity contribution in [2.24, 2.45) is 11.7 Å². The van der Waals surface area contributed by atoms with E-state index in [0.29, 0.717) is 6.42 Å². The number of nitrogens with two attached hydrogens (primary N) is 1. The molecule has 2 N–H and O–H groups in total. The molecule has 0 aliphatic rings. The molecular weight excluding hydrogens is 238 g/mol. The SMILES string of the molecule is COc1ccccc1CC(=O)C(C)CCCC(C)N. The molecule has 0 heterocycles. The van der Waals surface area contributed by atoms with Crippen LogP contribution < -0.4 is 10.5 Å². The normalized spacial score (nSPS) is 13.9. The highest BCUT2D eigenvalue weighted by Crippen LogP contribution is 2.20. The number of hydrogen-bond donors (Lipinski definition) is 1. The van der Waals surface area contributed by atoms with Gasteiger partial charge in [-0.2, -0.15) is 0 Å². The van der Waals surface area contributed by atoms with Crippen LogP contribution >= 0.6 is 0 Å². The Morgan fingerprint density at radius 3 is 2.58 bits per heavy atom. The van der Waals surface area contributed by atoms with Crippen molar-refractivity contribution in [3.05, 3.63) is 29.8 Å². The Hall–Kier alpha value is -1.35. The smallest absolute Gasteiger partial charge is 0.140 e. The zero-order valence-corrected chi connectivity index (χ0v) is 12.2. The summed E-state index contributed by atoms with van der Waals surface area (Å²) in [6.07, 6.45) is 3.35. The molecule has 1 rings (SSSR count). The van der Waals surface area contributed by atoms with E-state index in [0.717, 1.165) is 30.6 Å². The molecule has 0 radical (unpaired) electrons. The highest BCUT2D eigenvalue weighted by molar-refractivity contribution is 5.83. The van der Waals surface area contributed by atoms with E-state index in [1.165, 1.54) is 0 Å². The Morgan fingerprint density at radius 2 is 1.95 bits per heavy atom. The van der Waals surface area contributed by atoms with Crippen molar-refractivity contribution in [3.8, 4) is 5.75 Å². The first-order chi connectivity index (χ1) is 9.04. The summed E-state index contributed by atoms with van der Waals surface area (Å²) in [6.45, 7) is 4.00. The van der Waals surface area contributed by atoms with Crippen LogP contribution in [-0.2, 0) is 11.2 Å². The maximum atomic E-state index is 12.2. The highest BCUT2D eigenvalue weighted by Gasteiger charge is 2.15. The van der Waals surface area contributed by atoms with Crippen LogP contribution in [0.25, 0.3) is 0 Å². The van der Waals surface area contributed by atoms with E-state index < -0.39 is 0 Å². The number of carbonyl (C=O) groups is 1. The Morgan fingerprint density at radius 1 is 1.26 bits per heavy atom. The lowest BCUT2D eigenvalue weighted by atomic mass is 9.94. The molecule has 106 valence electrons. The maximum absolute atomic E-state index is 12.2.